The minimum absolute atomic E-state index is 0.0172. The Morgan fingerprint density at radius 2 is 2.00 bits per heavy atom. The summed E-state index contributed by atoms with van der Waals surface area (Å²) in [7, 11) is -3.82. The molecule has 1 aliphatic rings. The summed E-state index contributed by atoms with van der Waals surface area (Å²) >= 11 is 1.17. The molecular weight excluding hydrogens is 396 g/mol. The van der Waals surface area contributed by atoms with Gasteiger partial charge in [-0.3, -0.25) is 4.72 Å². The highest BCUT2D eigenvalue weighted by atomic mass is 32.2. The number of rotatable bonds is 4. The van der Waals surface area contributed by atoms with Crippen LogP contribution < -0.4 is 14.4 Å². The molecule has 0 bridgehead atoms. The summed E-state index contributed by atoms with van der Waals surface area (Å²) in [6.07, 6.45) is 1.50. The van der Waals surface area contributed by atoms with Gasteiger partial charge in [-0.05, 0) is 24.3 Å². The maximum absolute atomic E-state index is 13.6. The van der Waals surface area contributed by atoms with E-state index in [-0.39, 0.29) is 16.6 Å². The fraction of sp³-hybridized carbons (Fsp3) is 0.118. The van der Waals surface area contributed by atoms with Crippen molar-refractivity contribution in [3.8, 4) is 5.75 Å². The first-order valence-corrected chi connectivity index (χ1v) is 10.2. The van der Waals surface area contributed by atoms with Gasteiger partial charge in [-0.1, -0.05) is 0 Å². The second-order valence-electron chi connectivity index (χ2n) is 5.67. The number of hydrogen-bond acceptors (Lipinski definition) is 6. The first-order valence-electron chi connectivity index (χ1n) is 7.86. The van der Waals surface area contributed by atoms with Crippen molar-refractivity contribution in [2.45, 2.75) is 4.90 Å². The lowest BCUT2D eigenvalue weighted by Gasteiger charge is -2.31. The maximum atomic E-state index is 13.6. The van der Waals surface area contributed by atoms with Gasteiger partial charge in [0.25, 0.3) is 10.0 Å². The van der Waals surface area contributed by atoms with Gasteiger partial charge in [0, 0.05) is 29.4 Å². The van der Waals surface area contributed by atoms with E-state index in [9.17, 15) is 17.2 Å². The molecule has 4 rings (SSSR count). The van der Waals surface area contributed by atoms with E-state index in [0.29, 0.717) is 23.7 Å². The molecule has 0 spiro atoms. The third-order valence-corrected chi connectivity index (χ3v) is 6.13. The van der Waals surface area contributed by atoms with Crippen molar-refractivity contribution in [2.24, 2.45) is 0 Å². The van der Waals surface area contributed by atoms with E-state index in [0.717, 1.165) is 12.1 Å². The van der Waals surface area contributed by atoms with Crippen molar-refractivity contribution in [1.29, 1.82) is 0 Å². The minimum atomic E-state index is -3.82. The fourth-order valence-corrected chi connectivity index (χ4v) is 4.54. The molecule has 0 aliphatic carbocycles. The zero-order valence-electron chi connectivity index (χ0n) is 13.7. The van der Waals surface area contributed by atoms with Crippen LogP contribution in [0.1, 0.15) is 0 Å². The Kier molecular flexibility index (Phi) is 4.44. The van der Waals surface area contributed by atoms with Crippen LogP contribution in [-0.2, 0) is 10.0 Å². The van der Waals surface area contributed by atoms with Crippen molar-refractivity contribution in [1.82, 2.24) is 4.98 Å². The third kappa shape index (κ3) is 3.45. The molecular formula is C17H13F2N3O3S2. The highest BCUT2D eigenvalue weighted by Crippen LogP contribution is 2.38. The zero-order chi connectivity index (χ0) is 19.0. The van der Waals surface area contributed by atoms with Gasteiger partial charge >= 0.3 is 0 Å². The molecule has 2 heterocycles. The van der Waals surface area contributed by atoms with Gasteiger partial charge in [0.05, 0.1) is 17.1 Å². The van der Waals surface area contributed by atoms with E-state index in [1.165, 1.54) is 35.7 Å². The van der Waals surface area contributed by atoms with E-state index in [1.807, 2.05) is 0 Å². The van der Waals surface area contributed by atoms with Crippen molar-refractivity contribution in [3.63, 3.8) is 0 Å². The summed E-state index contributed by atoms with van der Waals surface area (Å²) in [5.74, 6) is -1.54. The molecule has 1 N–H and O–H groups in total. The van der Waals surface area contributed by atoms with E-state index in [2.05, 4.69) is 9.71 Å². The molecule has 3 aromatic rings. The Balaban J connectivity index is 1.68. The summed E-state index contributed by atoms with van der Waals surface area (Å²) < 4.78 is 59.8. The Morgan fingerprint density at radius 1 is 1.15 bits per heavy atom. The summed E-state index contributed by atoms with van der Waals surface area (Å²) in [4.78, 5) is 5.66. The molecule has 0 saturated heterocycles. The minimum Gasteiger partial charge on any atom is -0.489 e. The molecule has 140 valence electrons. The van der Waals surface area contributed by atoms with Gasteiger partial charge < -0.3 is 9.64 Å². The summed E-state index contributed by atoms with van der Waals surface area (Å²) in [6.45, 7) is 0.691. The second-order valence-corrected chi connectivity index (χ2v) is 8.25. The van der Waals surface area contributed by atoms with Gasteiger partial charge in [0.1, 0.15) is 12.4 Å². The standard InChI is InChI=1S/C17H13F2N3O3S2/c18-13-3-1-11(9-14(13)19)22-6-7-25-16-10-12(2-4-15(16)22)27(23,24)21-17-20-5-8-26-17/h1-5,8-10H,6-7H2,(H,20,21). The topological polar surface area (TPSA) is 71.5 Å². The van der Waals surface area contributed by atoms with E-state index < -0.39 is 21.7 Å². The number of fused-ring (bicyclic) bond motifs is 1. The van der Waals surface area contributed by atoms with Crippen LogP contribution in [0.5, 0.6) is 5.75 Å². The summed E-state index contributed by atoms with van der Waals surface area (Å²) in [5.41, 5.74) is 1.02. The summed E-state index contributed by atoms with van der Waals surface area (Å²) in [6, 6.07) is 8.01. The van der Waals surface area contributed by atoms with Gasteiger partial charge in [-0.2, -0.15) is 0 Å². The maximum Gasteiger partial charge on any atom is 0.263 e. The molecule has 1 aliphatic heterocycles. The Morgan fingerprint density at radius 3 is 2.74 bits per heavy atom. The number of sulfonamides is 1. The first-order chi connectivity index (χ1) is 12.9. The number of aromatic nitrogens is 1. The molecule has 0 fully saturated rings. The highest BCUT2D eigenvalue weighted by Gasteiger charge is 2.24. The molecule has 10 heteroatoms. The SMILES string of the molecule is O=S(=O)(Nc1nccs1)c1ccc2c(c1)OCCN2c1ccc(F)c(F)c1. The van der Waals surface area contributed by atoms with Crippen LogP contribution in [0.15, 0.2) is 52.9 Å². The number of anilines is 3. The average molecular weight is 409 g/mol. The number of thiazole rings is 1. The highest BCUT2D eigenvalue weighted by molar-refractivity contribution is 7.93. The average Bonchev–Trinajstić information content (AvgIpc) is 3.15. The first kappa shape index (κ1) is 17.7. The number of nitrogens with one attached hydrogen (secondary N) is 1. The Bertz CT molecular complexity index is 1090. The largest absolute Gasteiger partial charge is 0.489 e. The molecule has 0 saturated carbocycles. The van der Waals surface area contributed by atoms with Crippen molar-refractivity contribution >= 4 is 37.9 Å². The molecule has 1 aromatic heterocycles. The number of nitrogens with zero attached hydrogens (tertiary/aromatic N) is 2. The second kappa shape index (κ2) is 6.78. The van der Waals surface area contributed by atoms with E-state index in [4.69, 9.17) is 4.74 Å². The van der Waals surface area contributed by atoms with Crippen LogP contribution >= 0.6 is 11.3 Å². The number of hydrogen-bond donors (Lipinski definition) is 1. The van der Waals surface area contributed by atoms with Gasteiger partial charge in [-0.25, -0.2) is 22.2 Å². The van der Waals surface area contributed by atoms with E-state index >= 15 is 0 Å². The smallest absolute Gasteiger partial charge is 0.263 e. The number of halogens is 2. The lowest BCUT2D eigenvalue weighted by atomic mass is 10.2. The molecule has 0 unspecified atom stereocenters. The van der Waals surface area contributed by atoms with Crippen molar-refractivity contribution < 1.29 is 21.9 Å². The van der Waals surface area contributed by atoms with Crippen LogP contribution in [0.2, 0.25) is 0 Å². The monoisotopic (exact) mass is 409 g/mol. The van der Waals surface area contributed by atoms with Gasteiger partial charge in [-0.15, -0.1) is 11.3 Å². The molecule has 27 heavy (non-hydrogen) atoms. The van der Waals surface area contributed by atoms with Crippen LogP contribution in [0.4, 0.5) is 25.3 Å². The molecule has 0 atom stereocenters. The Labute approximate surface area is 158 Å². The Hall–Kier alpha value is -2.72. The van der Waals surface area contributed by atoms with Gasteiger partial charge in [0.2, 0.25) is 0 Å². The zero-order valence-corrected chi connectivity index (χ0v) is 15.4. The van der Waals surface area contributed by atoms with Crippen LogP contribution in [0.25, 0.3) is 0 Å². The lowest BCUT2D eigenvalue weighted by molar-refractivity contribution is 0.313. The van der Waals surface area contributed by atoms with Crippen LogP contribution in [-0.4, -0.2) is 26.6 Å². The molecule has 2 aromatic carbocycles. The molecule has 0 amide bonds. The van der Waals surface area contributed by atoms with Crippen molar-refractivity contribution in [2.75, 3.05) is 22.8 Å². The third-order valence-electron chi connectivity index (χ3n) is 3.97. The quantitative estimate of drug-likeness (QED) is 0.711. The number of ether oxygens (including phenoxy) is 1. The molecule has 0 radical (unpaired) electrons. The number of benzene rings is 2. The normalized spacial score (nSPS) is 13.8. The lowest BCUT2D eigenvalue weighted by Crippen LogP contribution is -2.29. The van der Waals surface area contributed by atoms with E-state index in [1.54, 1.807) is 16.3 Å². The van der Waals surface area contributed by atoms with Crippen molar-refractivity contribution in [3.05, 3.63) is 59.6 Å². The fourth-order valence-electron chi connectivity index (χ4n) is 2.74. The summed E-state index contributed by atoms with van der Waals surface area (Å²) in [5, 5.41) is 1.92. The predicted octanol–water partition coefficient (Wildman–Crippen LogP) is 3.75. The predicted molar refractivity (Wildman–Crippen MR) is 98.2 cm³/mol. The van der Waals surface area contributed by atoms with Crippen LogP contribution in [0, 0.1) is 11.6 Å². The molecule has 6 nitrogen and oxygen atoms in total. The van der Waals surface area contributed by atoms with Crippen LogP contribution in [0.3, 0.4) is 0 Å². The van der Waals surface area contributed by atoms with Gasteiger partial charge in [0.15, 0.2) is 16.8 Å².